The van der Waals surface area contributed by atoms with Crippen molar-refractivity contribution in [3.05, 3.63) is 224 Å². The third-order valence-electron chi connectivity index (χ3n) is 10.5. The Kier molecular flexibility index (Phi) is 5.54. The van der Waals surface area contributed by atoms with Crippen molar-refractivity contribution in [2.45, 2.75) is 0 Å². The summed E-state index contributed by atoms with van der Waals surface area (Å²) in [5.41, 5.74) is 2.91. The lowest BCUT2D eigenvalue weighted by molar-refractivity contribution is 0.672. The van der Waals surface area contributed by atoms with Gasteiger partial charge in [0.15, 0.2) is 0 Å². The first-order valence-corrected chi connectivity index (χ1v) is 18.8. The zero-order valence-corrected chi connectivity index (χ0v) is 30.7. The Balaban J connectivity index is 1.15. The first-order chi connectivity index (χ1) is 34.2. The van der Waals surface area contributed by atoms with Crippen LogP contribution >= 0.6 is 0 Å². The van der Waals surface area contributed by atoms with Crippen LogP contribution in [-0.4, -0.2) is 0 Å². The molecule has 0 unspecified atom stereocenters. The van der Waals surface area contributed by atoms with Crippen LogP contribution < -0.4 is 4.90 Å². The maximum absolute atomic E-state index is 9.72. The molecule has 0 atom stereocenters. The number of fused-ring (bicyclic) bond motifs is 6. The zero-order valence-electron chi connectivity index (χ0n) is 43.7. The number of para-hydroxylation sites is 1. The van der Waals surface area contributed by atoms with Crippen molar-refractivity contribution in [1.82, 2.24) is 0 Å². The van der Waals surface area contributed by atoms with Crippen molar-refractivity contribution < 1.29 is 22.2 Å². The molecule has 0 bridgehead atoms. The van der Waals surface area contributed by atoms with Crippen molar-refractivity contribution in [2.24, 2.45) is 0 Å². The summed E-state index contributed by atoms with van der Waals surface area (Å²) >= 11 is 0. The van der Waals surface area contributed by atoms with Gasteiger partial charge in [-0.1, -0.05) is 176 Å². The molecule has 0 saturated heterocycles. The van der Waals surface area contributed by atoms with Gasteiger partial charge in [-0.25, -0.2) is 0 Å². The topological polar surface area (TPSA) is 16.4 Å². The Morgan fingerprint density at radius 1 is 0.362 bits per heavy atom. The van der Waals surface area contributed by atoms with Crippen molar-refractivity contribution in [3.63, 3.8) is 0 Å². The minimum Gasteiger partial charge on any atom is -0.455 e. The van der Waals surface area contributed by atoms with Crippen molar-refractivity contribution in [2.75, 3.05) is 4.90 Å². The largest absolute Gasteiger partial charge is 0.455 e. The minimum absolute atomic E-state index is 0.00218. The molecule has 0 radical (unpaired) electrons. The summed E-state index contributed by atoms with van der Waals surface area (Å²) in [6, 6.07) is 37.0. The van der Waals surface area contributed by atoms with Crippen LogP contribution in [0.4, 0.5) is 17.1 Å². The summed E-state index contributed by atoms with van der Waals surface area (Å²) in [5.74, 6) is 0. The molecule has 11 aromatic rings. The van der Waals surface area contributed by atoms with Crippen LogP contribution in [0.15, 0.2) is 229 Å². The van der Waals surface area contributed by atoms with E-state index in [1.165, 1.54) is 4.90 Å². The average molecular weight is 753 g/mol. The van der Waals surface area contributed by atoms with Gasteiger partial charge >= 0.3 is 0 Å². The van der Waals surface area contributed by atoms with Crippen LogP contribution in [0, 0.1) is 0 Å². The van der Waals surface area contributed by atoms with E-state index in [1.54, 1.807) is 36.4 Å². The second kappa shape index (κ2) is 14.1. The molecule has 10 aromatic carbocycles. The van der Waals surface area contributed by atoms with Gasteiger partial charge in [0.2, 0.25) is 0 Å². The molecule has 0 fully saturated rings. The number of anilines is 3. The molecule has 0 spiro atoms. The SMILES string of the molecule is [2H]c1c([2H])c([2H])c(-c2c([2H])c([2H])c(N(c3ccccc3-c3ccc4oc5c6ccccc6ccc5c4c3)c3c([2H])c([2H])c(-c4ccc(-c5cccc6ccccc56)cc4)c([2H])c3[2H])c([2H])c2[2H])c([2H])c1[2H]. The van der Waals surface area contributed by atoms with Gasteiger partial charge < -0.3 is 9.32 Å². The standard InChI is InChI=1S/C56H37NO/c1-2-11-38(12-3-1)40-25-31-46(32-26-40)57(47-33-27-41(28-34-47)39-21-23-44(24-22-39)49-19-10-15-42-13-4-6-16-48(42)49)54-20-9-8-17-50(54)45-30-36-55-53(37-45)52-35-29-43-14-5-7-18-51(43)56(52)58-55/h1-37H/i1D,2D,3D,11D,12D,25D,26D,27D,28D,31D,32D,33D,34D. The first kappa shape index (κ1) is 22.8. The second-order valence-corrected chi connectivity index (χ2v) is 13.9. The van der Waals surface area contributed by atoms with E-state index in [0.29, 0.717) is 27.9 Å². The quantitative estimate of drug-likeness (QED) is 0.161. The lowest BCUT2D eigenvalue weighted by Crippen LogP contribution is -2.11. The van der Waals surface area contributed by atoms with E-state index in [2.05, 4.69) is 0 Å². The number of hydrogen-bond acceptors (Lipinski definition) is 2. The molecule has 58 heavy (non-hydrogen) atoms. The maximum atomic E-state index is 9.72. The molecule has 11 rings (SSSR count). The fourth-order valence-corrected chi connectivity index (χ4v) is 7.71. The Morgan fingerprint density at radius 3 is 1.69 bits per heavy atom. The van der Waals surface area contributed by atoms with Crippen LogP contribution in [0.3, 0.4) is 0 Å². The lowest BCUT2D eigenvalue weighted by Gasteiger charge is -2.28. The van der Waals surface area contributed by atoms with Crippen molar-refractivity contribution in [1.29, 1.82) is 0 Å². The molecule has 0 aliphatic carbocycles. The fourth-order valence-electron chi connectivity index (χ4n) is 7.71. The molecule has 0 N–H and O–H groups in total. The summed E-state index contributed by atoms with van der Waals surface area (Å²) in [6.07, 6.45) is 0. The predicted octanol–water partition coefficient (Wildman–Crippen LogP) is 16.0. The highest BCUT2D eigenvalue weighted by Crippen LogP contribution is 2.44. The summed E-state index contributed by atoms with van der Waals surface area (Å²) in [4.78, 5) is 1.21. The molecule has 2 heteroatoms. The van der Waals surface area contributed by atoms with E-state index >= 15 is 0 Å². The van der Waals surface area contributed by atoms with Gasteiger partial charge in [-0.2, -0.15) is 0 Å². The molecule has 1 heterocycles. The zero-order chi connectivity index (χ0) is 49.7. The number of nitrogens with zero attached hydrogens (tertiary/aromatic N) is 1. The molecule has 0 aliphatic heterocycles. The number of rotatable bonds is 7. The van der Waals surface area contributed by atoms with Gasteiger partial charge in [-0.15, -0.1) is 0 Å². The Hall–Kier alpha value is -7.68. The summed E-state index contributed by atoms with van der Waals surface area (Å²) in [6.45, 7) is 0. The highest BCUT2D eigenvalue weighted by atomic mass is 16.3. The van der Waals surface area contributed by atoms with Crippen molar-refractivity contribution >= 4 is 60.5 Å². The van der Waals surface area contributed by atoms with Gasteiger partial charge in [0.05, 0.1) is 23.5 Å². The molecular formula is C56H37NO. The van der Waals surface area contributed by atoms with E-state index in [1.807, 2.05) is 109 Å². The molecular weight excluding hydrogens is 703 g/mol. The number of benzene rings is 10. The third kappa shape index (κ3) is 5.91. The van der Waals surface area contributed by atoms with E-state index in [9.17, 15) is 11.0 Å². The molecule has 0 amide bonds. The van der Waals surface area contributed by atoms with Crippen LogP contribution in [0.5, 0.6) is 0 Å². The van der Waals surface area contributed by atoms with Gasteiger partial charge in [0, 0.05) is 33.1 Å². The lowest BCUT2D eigenvalue weighted by atomic mass is 9.96. The summed E-state index contributed by atoms with van der Waals surface area (Å²) in [7, 11) is 0. The van der Waals surface area contributed by atoms with Crippen LogP contribution in [0.1, 0.15) is 17.8 Å². The highest BCUT2D eigenvalue weighted by Gasteiger charge is 2.19. The molecule has 272 valence electrons. The van der Waals surface area contributed by atoms with Gasteiger partial charge in [-0.05, 0) is 104 Å². The molecule has 0 aliphatic rings. The maximum Gasteiger partial charge on any atom is 0.143 e. The molecule has 1 aromatic heterocycles. The fraction of sp³-hybridized carbons (Fsp3) is 0. The third-order valence-corrected chi connectivity index (χ3v) is 10.5. The highest BCUT2D eigenvalue weighted by molar-refractivity contribution is 6.15. The first-order valence-electron chi connectivity index (χ1n) is 25.3. The predicted molar refractivity (Wildman–Crippen MR) is 245 cm³/mol. The summed E-state index contributed by atoms with van der Waals surface area (Å²) in [5, 5.41) is 5.65. The summed E-state index contributed by atoms with van der Waals surface area (Å²) < 4.78 is 125. The van der Waals surface area contributed by atoms with E-state index in [4.69, 9.17) is 11.3 Å². The van der Waals surface area contributed by atoms with Crippen molar-refractivity contribution in [3.8, 4) is 44.5 Å². The average Bonchev–Trinajstić information content (AvgIpc) is 3.78. The van der Waals surface area contributed by atoms with Gasteiger partial charge in [-0.3, -0.25) is 0 Å². The van der Waals surface area contributed by atoms with Gasteiger partial charge in [0.1, 0.15) is 11.2 Å². The van der Waals surface area contributed by atoms with E-state index in [-0.39, 0.29) is 16.9 Å². The minimum atomic E-state index is -0.751. The van der Waals surface area contributed by atoms with Gasteiger partial charge in [0.25, 0.3) is 0 Å². The Bertz CT molecular complexity index is 3960. The smallest absolute Gasteiger partial charge is 0.143 e. The van der Waals surface area contributed by atoms with Crippen LogP contribution in [0.2, 0.25) is 0 Å². The Morgan fingerprint density at radius 2 is 0.931 bits per heavy atom. The normalized spacial score (nSPS) is 14.6. The van der Waals surface area contributed by atoms with Crippen LogP contribution in [-0.2, 0) is 0 Å². The number of furan rings is 1. The Labute approximate surface area is 355 Å². The number of hydrogen-bond donors (Lipinski definition) is 0. The monoisotopic (exact) mass is 752 g/mol. The molecule has 2 nitrogen and oxygen atoms in total. The van der Waals surface area contributed by atoms with Crippen LogP contribution in [0.25, 0.3) is 88.0 Å². The van der Waals surface area contributed by atoms with E-state index in [0.717, 1.165) is 43.4 Å². The molecule has 0 saturated carbocycles. The second-order valence-electron chi connectivity index (χ2n) is 13.9. The van der Waals surface area contributed by atoms with E-state index < -0.39 is 95.4 Å².